The summed E-state index contributed by atoms with van der Waals surface area (Å²) >= 11 is 0. The molecule has 27 heavy (non-hydrogen) atoms. The molecule has 0 spiro atoms. The maximum atomic E-state index is 12.1. The highest BCUT2D eigenvalue weighted by Gasteiger charge is 2.31. The van der Waals surface area contributed by atoms with Gasteiger partial charge in [-0.15, -0.1) is 13.2 Å². The van der Waals surface area contributed by atoms with Crippen molar-refractivity contribution in [1.82, 2.24) is 14.9 Å². The molecule has 3 rings (SSSR count). The lowest BCUT2D eigenvalue weighted by Gasteiger charge is -2.22. The van der Waals surface area contributed by atoms with Crippen LogP contribution in [0.25, 0.3) is 0 Å². The third kappa shape index (κ3) is 4.73. The number of hydrogen-bond acceptors (Lipinski definition) is 7. The number of nitrogens with zero attached hydrogens (tertiary/aromatic N) is 3. The zero-order valence-corrected chi connectivity index (χ0v) is 13.6. The van der Waals surface area contributed by atoms with Gasteiger partial charge in [-0.3, -0.25) is 9.36 Å². The van der Waals surface area contributed by atoms with Crippen molar-refractivity contribution >= 4 is 11.6 Å². The molecular formula is C15H13F3N4O5. The fourth-order valence-corrected chi connectivity index (χ4v) is 2.49. The van der Waals surface area contributed by atoms with Crippen LogP contribution in [0.3, 0.4) is 0 Å². The molecule has 2 aromatic rings. The van der Waals surface area contributed by atoms with E-state index in [0.29, 0.717) is 6.54 Å². The van der Waals surface area contributed by atoms with Crippen molar-refractivity contribution in [3.63, 3.8) is 0 Å². The second-order valence-corrected chi connectivity index (χ2v) is 5.68. The molecule has 1 aromatic heterocycles. The van der Waals surface area contributed by atoms with Crippen LogP contribution in [-0.2, 0) is 6.54 Å². The van der Waals surface area contributed by atoms with Crippen molar-refractivity contribution < 1.29 is 32.4 Å². The molecule has 1 aliphatic heterocycles. The van der Waals surface area contributed by atoms with Crippen molar-refractivity contribution in [3.8, 4) is 11.8 Å². The van der Waals surface area contributed by atoms with Crippen molar-refractivity contribution in [2.75, 3.05) is 13.2 Å². The molecule has 0 fully saturated rings. The minimum absolute atomic E-state index is 0.0837. The second kappa shape index (κ2) is 7.23. The maximum Gasteiger partial charge on any atom is 0.573 e. The highest BCUT2D eigenvalue weighted by Crippen LogP contribution is 2.23. The third-order valence-electron chi connectivity index (χ3n) is 3.71. The standard InChI is InChI=1S/C15H13F3N4O5/c16-15(17,18)27-11-3-1-9(2-4-11)12(23)5-19-10-6-21-7-13(22(24)25)20-14(21)26-8-10/h1-4,7,10,19H,5-6,8H2/t10-/m0/s1. The van der Waals surface area contributed by atoms with E-state index in [4.69, 9.17) is 4.74 Å². The minimum Gasteiger partial charge on any atom is -0.444 e. The number of imidazole rings is 1. The van der Waals surface area contributed by atoms with E-state index in [2.05, 4.69) is 15.0 Å². The Morgan fingerprint density at radius 2 is 2.11 bits per heavy atom. The zero-order chi connectivity index (χ0) is 19.6. The van der Waals surface area contributed by atoms with Crippen LogP contribution in [0, 0.1) is 10.1 Å². The van der Waals surface area contributed by atoms with Gasteiger partial charge in [0, 0.05) is 17.1 Å². The van der Waals surface area contributed by atoms with Crippen LogP contribution in [-0.4, -0.2) is 45.8 Å². The highest BCUT2D eigenvalue weighted by atomic mass is 19.4. The predicted molar refractivity (Wildman–Crippen MR) is 83.6 cm³/mol. The van der Waals surface area contributed by atoms with Gasteiger partial charge in [0.25, 0.3) is 0 Å². The lowest BCUT2D eigenvalue weighted by molar-refractivity contribution is -0.389. The molecule has 0 aliphatic carbocycles. The van der Waals surface area contributed by atoms with Crippen molar-refractivity contribution in [2.24, 2.45) is 0 Å². The van der Waals surface area contributed by atoms with Gasteiger partial charge in [0.15, 0.2) is 5.78 Å². The fraction of sp³-hybridized carbons (Fsp3) is 0.333. The van der Waals surface area contributed by atoms with Gasteiger partial charge in [-0.25, -0.2) is 0 Å². The van der Waals surface area contributed by atoms with Gasteiger partial charge in [-0.05, 0) is 29.2 Å². The van der Waals surface area contributed by atoms with Crippen LogP contribution in [0.15, 0.2) is 30.5 Å². The number of ether oxygens (including phenoxy) is 2. The Morgan fingerprint density at radius 1 is 1.41 bits per heavy atom. The second-order valence-electron chi connectivity index (χ2n) is 5.68. The number of rotatable bonds is 6. The van der Waals surface area contributed by atoms with E-state index >= 15 is 0 Å². The Morgan fingerprint density at radius 3 is 2.74 bits per heavy atom. The summed E-state index contributed by atoms with van der Waals surface area (Å²) in [7, 11) is 0. The van der Waals surface area contributed by atoms with Gasteiger partial charge < -0.3 is 24.9 Å². The average molecular weight is 386 g/mol. The predicted octanol–water partition coefficient (Wildman–Crippen LogP) is 1.92. The number of carbonyl (C=O) groups is 1. The molecule has 0 radical (unpaired) electrons. The number of benzene rings is 1. The van der Waals surface area contributed by atoms with Crippen LogP contribution < -0.4 is 14.8 Å². The van der Waals surface area contributed by atoms with Gasteiger partial charge >= 0.3 is 18.2 Å². The molecule has 0 saturated carbocycles. The smallest absolute Gasteiger partial charge is 0.444 e. The van der Waals surface area contributed by atoms with Gasteiger partial charge in [-0.2, -0.15) is 0 Å². The lowest BCUT2D eigenvalue weighted by atomic mass is 10.1. The Balaban J connectivity index is 1.54. The molecule has 0 saturated heterocycles. The number of nitro groups is 1. The number of fused-ring (bicyclic) bond motifs is 1. The van der Waals surface area contributed by atoms with Crippen molar-refractivity contribution in [3.05, 3.63) is 46.1 Å². The van der Waals surface area contributed by atoms with Gasteiger partial charge in [0.2, 0.25) is 0 Å². The van der Waals surface area contributed by atoms with Gasteiger partial charge in [-0.1, -0.05) is 0 Å². The average Bonchev–Trinajstić information content (AvgIpc) is 3.02. The number of nitrogens with one attached hydrogen (secondary N) is 1. The number of ketones is 1. The summed E-state index contributed by atoms with van der Waals surface area (Å²) in [6.45, 7) is 0.404. The minimum atomic E-state index is -4.80. The summed E-state index contributed by atoms with van der Waals surface area (Å²) in [6, 6.07) is 4.43. The largest absolute Gasteiger partial charge is 0.573 e. The summed E-state index contributed by atoms with van der Waals surface area (Å²) in [6.07, 6.45) is -3.56. The topological polar surface area (TPSA) is 109 Å². The molecule has 12 heteroatoms. The lowest BCUT2D eigenvalue weighted by Crippen LogP contribution is -2.43. The van der Waals surface area contributed by atoms with Gasteiger partial charge in [0.05, 0.1) is 12.6 Å². The quantitative estimate of drug-likeness (QED) is 0.459. The fourth-order valence-electron chi connectivity index (χ4n) is 2.49. The monoisotopic (exact) mass is 386 g/mol. The van der Waals surface area contributed by atoms with E-state index in [-0.39, 0.29) is 42.4 Å². The summed E-state index contributed by atoms with van der Waals surface area (Å²) in [4.78, 5) is 25.9. The molecular weight excluding hydrogens is 373 g/mol. The number of alkyl halides is 3. The number of Topliss-reactive ketones (excluding diaryl/α,β-unsaturated/α-hetero) is 1. The Kier molecular flexibility index (Phi) is 4.99. The molecule has 0 bridgehead atoms. The van der Waals surface area contributed by atoms with E-state index < -0.39 is 17.0 Å². The molecule has 9 nitrogen and oxygen atoms in total. The van der Waals surface area contributed by atoms with E-state index in [9.17, 15) is 28.1 Å². The molecule has 0 amide bonds. The van der Waals surface area contributed by atoms with Crippen LogP contribution >= 0.6 is 0 Å². The van der Waals surface area contributed by atoms with E-state index in [0.717, 1.165) is 12.1 Å². The molecule has 1 N–H and O–H groups in total. The zero-order valence-electron chi connectivity index (χ0n) is 13.6. The van der Waals surface area contributed by atoms with E-state index in [1.54, 1.807) is 0 Å². The Bertz CT molecular complexity index is 850. The van der Waals surface area contributed by atoms with Crippen molar-refractivity contribution in [2.45, 2.75) is 18.9 Å². The summed E-state index contributed by atoms with van der Waals surface area (Å²) in [5.74, 6) is -1.08. The summed E-state index contributed by atoms with van der Waals surface area (Å²) in [5, 5.41) is 13.7. The first-order valence-corrected chi connectivity index (χ1v) is 7.68. The SMILES string of the molecule is O=C(CN[C@@H]1COc2nc([N+](=O)[O-])cn2C1)c1ccc(OC(F)(F)F)cc1. The number of halogens is 3. The summed E-state index contributed by atoms with van der Waals surface area (Å²) in [5.41, 5.74) is 0.215. The number of aromatic nitrogens is 2. The van der Waals surface area contributed by atoms with E-state index in [1.165, 1.54) is 22.9 Å². The first-order valence-electron chi connectivity index (χ1n) is 7.68. The molecule has 1 atom stereocenters. The molecule has 0 unspecified atom stereocenters. The van der Waals surface area contributed by atoms with Crippen LogP contribution in [0.5, 0.6) is 11.8 Å². The normalized spacial score (nSPS) is 16.3. The molecule has 144 valence electrons. The number of carbonyl (C=O) groups excluding carboxylic acids is 1. The molecule has 2 heterocycles. The third-order valence-corrected chi connectivity index (χ3v) is 3.71. The van der Waals surface area contributed by atoms with Gasteiger partial charge in [0.1, 0.15) is 18.6 Å². The van der Waals surface area contributed by atoms with Crippen LogP contribution in [0.1, 0.15) is 10.4 Å². The van der Waals surface area contributed by atoms with Crippen LogP contribution in [0.2, 0.25) is 0 Å². The maximum absolute atomic E-state index is 12.1. The Hall–Kier alpha value is -3.15. The molecule has 1 aliphatic rings. The molecule has 1 aromatic carbocycles. The van der Waals surface area contributed by atoms with Crippen molar-refractivity contribution in [1.29, 1.82) is 0 Å². The first kappa shape index (κ1) is 18.6. The van der Waals surface area contributed by atoms with E-state index in [1.807, 2.05) is 0 Å². The summed E-state index contributed by atoms with van der Waals surface area (Å²) < 4.78 is 46.9. The highest BCUT2D eigenvalue weighted by molar-refractivity contribution is 5.97. The first-order chi connectivity index (χ1) is 12.7. The van der Waals surface area contributed by atoms with Crippen LogP contribution in [0.4, 0.5) is 19.0 Å². The Labute approximate surface area is 149 Å². The number of hydrogen-bond donors (Lipinski definition) is 1.